The Morgan fingerprint density at radius 1 is 1.07 bits per heavy atom. The Kier molecular flexibility index (Phi) is 7.44. The average molecular weight is 380 g/mol. The zero-order valence-electron chi connectivity index (χ0n) is 16.7. The lowest BCUT2D eigenvalue weighted by molar-refractivity contribution is 0.195. The van der Waals surface area contributed by atoms with Crippen molar-refractivity contribution in [3.05, 3.63) is 66.0 Å². The van der Waals surface area contributed by atoms with Gasteiger partial charge in [0.25, 0.3) is 0 Å². The fraction of sp³-hybridized carbons (Fsp3) is 0.364. The smallest absolute Gasteiger partial charge is 0.191 e. The molecule has 1 heterocycles. The molecule has 28 heavy (non-hydrogen) atoms. The quantitative estimate of drug-likeness (QED) is 0.341. The Labute approximate surface area is 166 Å². The molecular weight excluding hydrogens is 350 g/mol. The summed E-state index contributed by atoms with van der Waals surface area (Å²) in [6.45, 7) is 5.97. The van der Waals surface area contributed by atoms with Crippen LogP contribution in [0.5, 0.6) is 0 Å². The summed E-state index contributed by atoms with van der Waals surface area (Å²) in [5.41, 5.74) is 4.63. The lowest BCUT2D eigenvalue weighted by Crippen LogP contribution is -2.38. The molecule has 0 aliphatic heterocycles. The van der Waals surface area contributed by atoms with Gasteiger partial charge in [0.1, 0.15) is 0 Å². The highest BCUT2D eigenvalue weighted by atomic mass is 16.5. The van der Waals surface area contributed by atoms with Gasteiger partial charge in [-0.2, -0.15) is 0 Å². The summed E-state index contributed by atoms with van der Waals surface area (Å²) in [5, 5.41) is 6.61. The predicted molar refractivity (Wildman–Crippen MR) is 115 cm³/mol. The number of guanidine groups is 1. The molecule has 0 atom stereocenters. The highest BCUT2D eigenvalue weighted by Crippen LogP contribution is 2.14. The first kappa shape index (κ1) is 19.9. The fourth-order valence-electron chi connectivity index (χ4n) is 3.02. The molecule has 6 nitrogen and oxygen atoms in total. The third-order valence-electron chi connectivity index (χ3n) is 4.48. The van der Waals surface area contributed by atoms with Crippen LogP contribution < -0.4 is 10.6 Å². The van der Waals surface area contributed by atoms with Gasteiger partial charge in [0.2, 0.25) is 0 Å². The van der Waals surface area contributed by atoms with Gasteiger partial charge in [-0.25, -0.2) is 9.98 Å². The minimum absolute atomic E-state index is 0.647. The Bertz CT molecular complexity index is 885. The number of nitrogens with zero attached hydrogens (tertiary/aromatic N) is 3. The molecule has 0 radical (unpaired) electrons. The summed E-state index contributed by atoms with van der Waals surface area (Å²) >= 11 is 0. The van der Waals surface area contributed by atoms with E-state index in [9.17, 15) is 0 Å². The van der Waals surface area contributed by atoms with Crippen molar-refractivity contribution in [2.75, 3.05) is 26.8 Å². The van der Waals surface area contributed by atoms with Gasteiger partial charge in [-0.1, -0.05) is 36.4 Å². The second kappa shape index (κ2) is 10.5. The standard InChI is InChI=1S/C22H29N5O/c1-3-23-22(24-13-6-14-28-2)25-15-18-9-11-19(12-10-18)16-27-17-26-20-7-4-5-8-21(20)27/h4-5,7-12,17H,3,6,13-16H2,1-2H3,(H2,23,24,25). The van der Waals surface area contributed by atoms with E-state index in [4.69, 9.17) is 4.74 Å². The van der Waals surface area contributed by atoms with E-state index in [1.165, 1.54) is 11.1 Å². The summed E-state index contributed by atoms with van der Waals surface area (Å²) in [7, 11) is 1.72. The third kappa shape index (κ3) is 5.57. The molecule has 0 aliphatic rings. The van der Waals surface area contributed by atoms with E-state index in [1.54, 1.807) is 7.11 Å². The molecule has 3 aromatic rings. The lowest BCUT2D eigenvalue weighted by Gasteiger charge is -2.11. The molecule has 0 bridgehead atoms. The van der Waals surface area contributed by atoms with Gasteiger partial charge in [-0.15, -0.1) is 0 Å². The molecule has 2 N–H and O–H groups in total. The fourth-order valence-corrected chi connectivity index (χ4v) is 3.02. The van der Waals surface area contributed by atoms with Crippen LogP contribution in [-0.4, -0.2) is 42.3 Å². The number of hydrogen-bond acceptors (Lipinski definition) is 3. The molecular formula is C22H29N5O. The number of aliphatic imine (C=N–C) groups is 1. The molecule has 1 aromatic heterocycles. The third-order valence-corrected chi connectivity index (χ3v) is 4.48. The average Bonchev–Trinajstić information content (AvgIpc) is 3.13. The number of para-hydroxylation sites is 2. The first-order valence-electron chi connectivity index (χ1n) is 9.79. The molecule has 0 fully saturated rings. The molecule has 0 amide bonds. The maximum Gasteiger partial charge on any atom is 0.191 e. The molecule has 2 aromatic carbocycles. The van der Waals surface area contributed by atoms with E-state index in [2.05, 4.69) is 62.4 Å². The number of methoxy groups -OCH3 is 1. The number of benzene rings is 2. The van der Waals surface area contributed by atoms with Crippen LogP contribution in [0.15, 0.2) is 59.9 Å². The number of ether oxygens (including phenoxy) is 1. The highest BCUT2D eigenvalue weighted by Gasteiger charge is 2.03. The maximum atomic E-state index is 5.08. The monoisotopic (exact) mass is 379 g/mol. The van der Waals surface area contributed by atoms with Crippen molar-refractivity contribution >= 4 is 17.0 Å². The number of rotatable bonds is 9. The van der Waals surface area contributed by atoms with Crippen molar-refractivity contribution < 1.29 is 4.74 Å². The zero-order chi connectivity index (χ0) is 19.6. The molecule has 3 rings (SSSR count). The van der Waals surface area contributed by atoms with Gasteiger partial charge < -0.3 is 19.9 Å². The first-order valence-corrected chi connectivity index (χ1v) is 9.79. The molecule has 6 heteroatoms. The van der Waals surface area contributed by atoms with Crippen LogP contribution in [0.4, 0.5) is 0 Å². The van der Waals surface area contributed by atoms with Crippen molar-refractivity contribution in [1.82, 2.24) is 20.2 Å². The summed E-state index contributed by atoms with van der Waals surface area (Å²) in [5.74, 6) is 0.840. The van der Waals surface area contributed by atoms with Crippen LogP contribution in [0.1, 0.15) is 24.5 Å². The van der Waals surface area contributed by atoms with Crippen LogP contribution in [-0.2, 0) is 17.8 Å². The van der Waals surface area contributed by atoms with Gasteiger partial charge in [-0.05, 0) is 36.6 Å². The Balaban J connectivity index is 1.58. The number of imidazole rings is 1. The largest absolute Gasteiger partial charge is 0.385 e. The van der Waals surface area contributed by atoms with E-state index < -0.39 is 0 Å². The van der Waals surface area contributed by atoms with Crippen LogP contribution in [0.25, 0.3) is 11.0 Å². The second-order valence-corrected chi connectivity index (χ2v) is 6.65. The van der Waals surface area contributed by atoms with E-state index >= 15 is 0 Å². The normalized spacial score (nSPS) is 11.7. The molecule has 0 unspecified atom stereocenters. The van der Waals surface area contributed by atoms with Crippen molar-refractivity contribution in [3.8, 4) is 0 Å². The minimum atomic E-state index is 0.647. The highest BCUT2D eigenvalue weighted by molar-refractivity contribution is 5.79. The van der Waals surface area contributed by atoms with E-state index in [0.717, 1.165) is 49.7 Å². The predicted octanol–water partition coefficient (Wildman–Crippen LogP) is 3.18. The Morgan fingerprint density at radius 2 is 1.86 bits per heavy atom. The van der Waals surface area contributed by atoms with E-state index in [-0.39, 0.29) is 0 Å². The van der Waals surface area contributed by atoms with E-state index in [1.807, 2.05) is 24.5 Å². The number of nitrogens with one attached hydrogen (secondary N) is 2. The van der Waals surface area contributed by atoms with Crippen molar-refractivity contribution in [1.29, 1.82) is 0 Å². The van der Waals surface area contributed by atoms with Crippen LogP contribution in [0, 0.1) is 0 Å². The zero-order valence-corrected chi connectivity index (χ0v) is 16.7. The number of aromatic nitrogens is 2. The molecule has 0 saturated carbocycles. The van der Waals surface area contributed by atoms with Gasteiger partial charge in [0, 0.05) is 33.4 Å². The Hall–Kier alpha value is -2.86. The van der Waals surface area contributed by atoms with Gasteiger partial charge in [-0.3, -0.25) is 0 Å². The summed E-state index contributed by atoms with van der Waals surface area (Å²) in [6, 6.07) is 16.8. The molecule has 148 valence electrons. The van der Waals surface area contributed by atoms with Crippen molar-refractivity contribution in [2.45, 2.75) is 26.4 Å². The minimum Gasteiger partial charge on any atom is -0.385 e. The summed E-state index contributed by atoms with van der Waals surface area (Å²) in [4.78, 5) is 9.12. The first-order chi connectivity index (χ1) is 13.8. The van der Waals surface area contributed by atoms with E-state index in [0.29, 0.717) is 6.54 Å². The number of hydrogen-bond donors (Lipinski definition) is 2. The van der Waals surface area contributed by atoms with Gasteiger partial charge in [0.05, 0.1) is 23.9 Å². The Morgan fingerprint density at radius 3 is 2.64 bits per heavy atom. The van der Waals surface area contributed by atoms with Gasteiger partial charge in [0.15, 0.2) is 5.96 Å². The van der Waals surface area contributed by atoms with Crippen molar-refractivity contribution in [2.24, 2.45) is 4.99 Å². The van der Waals surface area contributed by atoms with Crippen LogP contribution in [0.2, 0.25) is 0 Å². The SMILES string of the molecule is CCNC(=NCc1ccc(Cn2cnc3ccccc32)cc1)NCCCOC. The second-order valence-electron chi connectivity index (χ2n) is 6.65. The molecule has 0 spiro atoms. The van der Waals surface area contributed by atoms with Crippen LogP contribution in [0.3, 0.4) is 0 Å². The topological polar surface area (TPSA) is 63.5 Å². The lowest BCUT2D eigenvalue weighted by atomic mass is 10.1. The van der Waals surface area contributed by atoms with Gasteiger partial charge >= 0.3 is 0 Å². The number of fused-ring (bicyclic) bond motifs is 1. The molecule has 0 aliphatic carbocycles. The molecule has 0 saturated heterocycles. The maximum absolute atomic E-state index is 5.08. The van der Waals surface area contributed by atoms with Crippen LogP contribution >= 0.6 is 0 Å². The summed E-state index contributed by atoms with van der Waals surface area (Å²) < 4.78 is 7.26. The van der Waals surface area contributed by atoms with Crippen molar-refractivity contribution in [3.63, 3.8) is 0 Å². The summed E-state index contributed by atoms with van der Waals surface area (Å²) in [6.07, 6.45) is 2.86.